The van der Waals surface area contributed by atoms with Crippen molar-refractivity contribution in [3.63, 3.8) is 0 Å². The van der Waals surface area contributed by atoms with E-state index in [0.717, 1.165) is 0 Å². The molecule has 0 N–H and O–H groups in total. The van der Waals surface area contributed by atoms with E-state index in [9.17, 15) is 0 Å². The Labute approximate surface area is 421 Å². The third kappa shape index (κ3) is 7.77. The second-order valence-electron chi connectivity index (χ2n) is 19.2. The van der Waals surface area contributed by atoms with Crippen LogP contribution in [0.3, 0.4) is 0 Å². The number of hydrogen-bond donors (Lipinski definition) is 0. The Bertz CT molecular complexity index is 3880. The van der Waals surface area contributed by atoms with Crippen LogP contribution in [0.5, 0.6) is 0 Å². The average molecular weight is 931 g/mol. The van der Waals surface area contributed by atoms with Gasteiger partial charge < -0.3 is 9.47 Å². The van der Waals surface area contributed by atoms with Crippen molar-refractivity contribution in [2.45, 2.75) is 45.4 Å². The van der Waals surface area contributed by atoms with Gasteiger partial charge in [-0.1, -0.05) is 170 Å². The maximum atomic E-state index is 4.60. The van der Waals surface area contributed by atoms with Gasteiger partial charge in [-0.15, -0.1) is 23.7 Å². The Morgan fingerprint density at radius 3 is 1.70 bits per heavy atom. The number of hydrogen-bond acceptors (Lipinski definition) is 2. The van der Waals surface area contributed by atoms with Crippen molar-refractivity contribution in [3.8, 4) is 73.7 Å². The molecule has 3 heteroatoms. The summed E-state index contributed by atoms with van der Waals surface area (Å²) in [5.74, 6) is 3.50. The van der Waals surface area contributed by atoms with E-state index >= 15 is 0 Å². The molecule has 71 heavy (non-hydrogen) atoms. The summed E-state index contributed by atoms with van der Waals surface area (Å²) in [5.41, 5.74) is 22.8. The largest absolute Gasteiger partial charge is 0.348 e. The second-order valence-corrected chi connectivity index (χ2v) is 20.4. The summed E-state index contributed by atoms with van der Waals surface area (Å²) in [7, 11) is 2.21. The number of aryl methyl sites for hydroxylation is 1. The van der Waals surface area contributed by atoms with Crippen LogP contribution in [0, 0.1) is 19.3 Å². The van der Waals surface area contributed by atoms with Crippen LogP contribution < -0.4 is 4.90 Å². The van der Waals surface area contributed by atoms with Gasteiger partial charge in [0.05, 0.1) is 11.0 Å². The van der Waals surface area contributed by atoms with E-state index in [1.54, 1.807) is 6.92 Å². The van der Waals surface area contributed by atoms with Crippen LogP contribution in [-0.2, 0) is 0 Å². The van der Waals surface area contributed by atoms with Crippen LogP contribution in [0.1, 0.15) is 60.1 Å². The Morgan fingerprint density at radius 1 is 0.535 bits per heavy atom. The van der Waals surface area contributed by atoms with Crippen molar-refractivity contribution in [1.29, 1.82) is 0 Å². The highest BCUT2D eigenvalue weighted by Crippen LogP contribution is 2.57. The lowest BCUT2D eigenvalue weighted by Crippen LogP contribution is -2.26. The molecule has 0 bridgehead atoms. The quantitative estimate of drug-likeness (QED) is 0.138. The summed E-state index contributed by atoms with van der Waals surface area (Å²) in [4.78, 5) is 3.70. The first-order valence-corrected chi connectivity index (χ1v) is 25.6. The topological polar surface area (TPSA) is 8.17 Å². The maximum absolute atomic E-state index is 4.60. The van der Waals surface area contributed by atoms with Gasteiger partial charge in [0.1, 0.15) is 0 Å². The van der Waals surface area contributed by atoms with Crippen molar-refractivity contribution in [2.75, 3.05) is 11.9 Å². The fourth-order valence-corrected chi connectivity index (χ4v) is 12.4. The molecule has 0 saturated heterocycles. The summed E-state index contributed by atoms with van der Waals surface area (Å²) in [5, 5.41) is 3.84. The Balaban J connectivity index is 0.00000168. The Morgan fingerprint density at radius 2 is 1.06 bits per heavy atom. The van der Waals surface area contributed by atoms with Crippen LogP contribution in [-0.4, -0.2) is 11.6 Å². The molecule has 0 spiro atoms. The summed E-state index contributed by atoms with van der Waals surface area (Å²) >= 11 is 1.87. The van der Waals surface area contributed by atoms with Crippen molar-refractivity contribution in [3.05, 3.63) is 234 Å². The summed E-state index contributed by atoms with van der Waals surface area (Å²) < 4.78 is 3.85. The molecule has 0 aliphatic heterocycles. The fraction of sp³-hybridized carbons (Fsp3) is 0.118. The van der Waals surface area contributed by atoms with Crippen LogP contribution in [0.25, 0.3) is 99.3 Å². The SMILES string of the molecule is C#CC.C/C(=C\c1c(C)sc2ccccc12)N(C)c1cc(-c2ccccc2)ccc1-c1ccc(-c2ccc3c4ccc(-c5ccccc5)cc4n(-c4ccc5c(c4)-c4ccccc4C4CCC54)c3c2)cc1. The third-order valence-corrected chi connectivity index (χ3v) is 16.3. The van der Waals surface area contributed by atoms with Crippen molar-refractivity contribution in [1.82, 2.24) is 4.57 Å². The molecule has 2 unspecified atom stereocenters. The normalized spacial score (nSPS) is 14.7. The minimum atomic E-state index is 0.612. The third-order valence-electron chi connectivity index (χ3n) is 15.2. The van der Waals surface area contributed by atoms with E-state index in [2.05, 4.69) is 255 Å². The van der Waals surface area contributed by atoms with Gasteiger partial charge >= 0.3 is 0 Å². The van der Waals surface area contributed by atoms with Crippen molar-refractivity contribution < 1.29 is 0 Å². The Hall–Kier alpha value is -8.16. The molecule has 2 aliphatic rings. The molecular formula is C68H54N2S. The zero-order valence-electron chi connectivity index (χ0n) is 40.7. The predicted octanol–water partition coefficient (Wildman–Crippen LogP) is 18.8. The highest BCUT2D eigenvalue weighted by Gasteiger charge is 2.39. The molecule has 2 aromatic heterocycles. The van der Waals surface area contributed by atoms with Gasteiger partial charge in [0.25, 0.3) is 0 Å². The van der Waals surface area contributed by atoms with Crippen LogP contribution in [0.4, 0.5) is 5.69 Å². The highest BCUT2D eigenvalue weighted by molar-refractivity contribution is 7.19. The predicted molar refractivity (Wildman–Crippen MR) is 306 cm³/mol. The zero-order chi connectivity index (χ0) is 48.2. The number of anilines is 1. The summed E-state index contributed by atoms with van der Waals surface area (Å²) in [6.07, 6.45) is 9.51. The molecule has 13 rings (SSSR count). The van der Waals surface area contributed by atoms with Gasteiger partial charge in [-0.25, -0.2) is 0 Å². The molecular weight excluding hydrogens is 877 g/mol. The minimum Gasteiger partial charge on any atom is -0.348 e. The lowest BCUT2D eigenvalue weighted by Gasteiger charge is -2.43. The first-order valence-electron chi connectivity index (χ1n) is 24.8. The molecule has 2 nitrogen and oxygen atoms in total. The number of thiophene rings is 1. The molecule has 9 aromatic carbocycles. The molecule has 0 radical (unpaired) electrons. The van der Waals surface area contributed by atoms with Gasteiger partial charge in [-0.2, -0.15) is 0 Å². The van der Waals surface area contributed by atoms with E-state index in [4.69, 9.17) is 0 Å². The molecule has 1 saturated carbocycles. The second kappa shape index (κ2) is 18.3. The van der Waals surface area contributed by atoms with Gasteiger partial charge in [0.15, 0.2) is 0 Å². The standard InChI is InChI=1S/C65H50N2S.C3H4/c1-41(36-60-42(2)68-65-21-13-12-20-59(60)65)66(3)62-37-47(43-14-6-4-7-15-43)26-30-51(62)46-24-22-45(23-25-46)49-28-32-58-57-31-27-48(44-16-8-5-9-17-44)38-63(57)67(64(58)39-49)50-29-33-56-55-35-34-54(55)52-18-10-11-19-53(52)61(56)40-50;1-3-2/h4-33,36-40,54-55H,34-35H2,1-3H3;1H,2H3/b41-36+;. The number of rotatable bonds is 8. The van der Waals surface area contributed by atoms with Crippen LogP contribution in [0.15, 0.2) is 212 Å². The number of benzene rings is 9. The first-order chi connectivity index (χ1) is 34.9. The lowest BCUT2D eigenvalue weighted by atomic mass is 9.61. The van der Waals surface area contributed by atoms with Crippen molar-refractivity contribution in [2.24, 2.45) is 0 Å². The number of allylic oxidation sites excluding steroid dienone is 1. The average Bonchev–Trinajstić information content (AvgIpc) is 3.91. The van der Waals surface area contributed by atoms with Gasteiger partial charge in [-0.3, -0.25) is 0 Å². The Kier molecular flexibility index (Phi) is 11.4. The summed E-state index contributed by atoms with van der Waals surface area (Å²) in [6.45, 7) is 6.13. The van der Waals surface area contributed by atoms with Crippen LogP contribution >= 0.6 is 11.3 Å². The number of fused-ring (bicyclic) bond motifs is 10. The van der Waals surface area contributed by atoms with Gasteiger partial charge in [-0.05, 0) is 155 Å². The first kappa shape index (κ1) is 44.1. The highest BCUT2D eigenvalue weighted by atomic mass is 32.1. The molecule has 11 aromatic rings. The lowest BCUT2D eigenvalue weighted by molar-refractivity contribution is 0.343. The number of terminal acetylenes is 1. The van der Waals surface area contributed by atoms with Gasteiger partial charge in [0.2, 0.25) is 0 Å². The number of aromatic nitrogens is 1. The van der Waals surface area contributed by atoms with Crippen molar-refractivity contribution >= 4 is 55.0 Å². The van der Waals surface area contributed by atoms with Gasteiger partial charge in [0, 0.05) is 55.4 Å². The summed E-state index contributed by atoms with van der Waals surface area (Å²) in [6, 6.07) is 77.0. The van der Waals surface area contributed by atoms with E-state index in [0.29, 0.717) is 11.8 Å². The van der Waals surface area contributed by atoms with E-state index in [-0.39, 0.29) is 0 Å². The van der Waals surface area contributed by atoms with Crippen LogP contribution in [0.2, 0.25) is 0 Å². The van der Waals surface area contributed by atoms with E-state index in [1.807, 2.05) is 11.3 Å². The van der Waals surface area contributed by atoms with E-state index < -0.39 is 0 Å². The fourth-order valence-electron chi connectivity index (χ4n) is 11.4. The molecule has 342 valence electrons. The minimum absolute atomic E-state index is 0.612. The molecule has 2 atom stereocenters. The zero-order valence-corrected chi connectivity index (χ0v) is 41.5. The smallest absolute Gasteiger partial charge is 0.0547 e. The van der Waals surface area contributed by atoms with E-state index in [1.165, 1.54) is 139 Å². The molecule has 2 aliphatic carbocycles. The molecule has 0 amide bonds. The molecule has 1 fully saturated rings. The molecule has 2 heterocycles. The monoisotopic (exact) mass is 930 g/mol. The maximum Gasteiger partial charge on any atom is 0.0547 e. The number of nitrogens with zero attached hydrogens (tertiary/aromatic N) is 2.